The number of thiophene rings is 1. The predicted molar refractivity (Wildman–Crippen MR) is 98.3 cm³/mol. The van der Waals surface area contributed by atoms with Crippen LogP contribution in [0, 0.1) is 2.88 Å². The molecule has 2 rings (SSSR count). The first kappa shape index (κ1) is 16.3. The Morgan fingerprint density at radius 2 is 2.10 bits per heavy atom. The fourth-order valence-electron chi connectivity index (χ4n) is 2.11. The van der Waals surface area contributed by atoms with Crippen LogP contribution >= 0.6 is 33.9 Å². The lowest BCUT2D eigenvalue weighted by Gasteiger charge is -2.23. The number of nitrogens with one attached hydrogen (secondary N) is 1. The Bertz CT molecular complexity index is 571. The molecule has 2 aromatic rings. The van der Waals surface area contributed by atoms with Gasteiger partial charge in [-0.05, 0) is 54.1 Å². The molecule has 0 aliphatic carbocycles. The van der Waals surface area contributed by atoms with Crippen molar-refractivity contribution in [3.05, 3.63) is 50.2 Å². The number of nitrogens with zero attached hydrogens (tertiary/aromatic N) is 1. The minimum absolute atomic E-state index is 0.0249. The average Bonchev–Trinajstić information content (AvgIpc) is 2.95. The molecule has 0 radical (unpaired) electrons. The van der Waals surface area contributed by atoms with Crippen LogP contribution < -0.4 is 10.2 Å². The Kier molecular flexibility index (Phi) is 6.50. The number of benzene rings is 1. The molecule has 0 atom stereocenters. The van der Waals surface area contributed by atoms with Crippen LogP contribution in [0.5, 0.6) is 0 Å². The number of amides is 1. The second kappa shape index (κ2) is 8.38. The van der Waals surface area contributed by atoms with E-state index in [2.05, 4.69) is 64.0 Å². The standard InChI is InChI=1S/C16H19IN2OS/c1-2-19(14-7-4-3-5-8-14)10-6-9-18-16(20)13-11-15(17)21-12-13/h3-5,7-8,11-12H,2,6,9-10H2,1H3,(H,18,20). The Balaban J connectivity index is 1.75. The van der Waals surface area contributed by atoms with Crippen molar-refractivity contribution in [2.75, 3.05) is 24.5 Å². The van der Waals surface area contributed by atoms with E-state index >= 15 is 0 Å². The van der Waals surface area contributed by atoms with E-state index < -0.39 is 0 Å². The van der Waals surface area contributed by atoms with Gasteiger partial charge >= 0.3 is 0 Å². The molecule has 0 unspecified atom stereocenters. The second-order valence-electron chi connectivity index (χ2n) is 4.66. The minimum atomic E-state index is 0.0249. The van der Waals surface area contributed by atoms with Crippen LogP contribution in [0.1, 0.15) is 23.7 Å². The van der Waals surface area contributed by atoms with Crippen molar-refractivity contribution in [2.45, 2.75) is 13.3 Å². The largest absolute Gasteiger partial charge is 0.372 e. The molecule has 0 spiro atoms. The van der Waals surface area contributed by atoms with Crippen LogP contribution in [-0.2, 0) is 0 Å². The van der Waals surface area contributed by atoms with Crippen molar-refractivity contribution < 1.29 is 4.79 Å². The summed E-state index contributed by atoms with van der Waals surface area (Å²) >= 11 is 3.83. The maximum Gasteiger partial charge on any atom is 0.252 e. The van der Waals surface area contributed by atoms with Gasteiger partial charge in [0.15, 0.2) is 0 Å². The van der Waals surface area contributed by atoms with Gasteiger partial charge in [0.05, 0.1) is 8.45 Å². The molecule has 0 aliphatic heterocycles. The monoisotopic (exact) mass is 414 g/mol. The Morgan fingerprint density at radius 3 is 2.71 bits per heavy atom. The van der Waals surface area contributed by atoms with Crippen LogP contribution in [0.3, 0.4) is 0 Å². The Labute approximate surface area is 143 Å². The first-order valence-corrected chi connectivity index (χ1v) is 8.98. The fraction of sp³-hybridized carbons (Fsp3) is 0.312. The van der Waals surface area contributed by atoms with Crippen LogP contribution in [0.25, 0.3) is 0 Å². The molecular weight excluding hydrogens is 395 g/mol. The molecule has 0 saturated carbocycles. The number of para-hydroxylation sites is 1. The molecule has 1 amide bonds. The highest BCUT2D eigenvalue weighted by atomic mass is 127. The third-order valence-electron chi connectivity index (χ3n) is 3.22. The number of carbonyl (C=O) groups excluding carboxylic acids is 1. The van der Waals surface area contributed by atoms with Crippen LogP contribution in [0.15, 0.2) is 41.8 Å². The highest BCUT2D eigenvalue weighted by Crippen LogP contribution is 2.16. The predicted octanol–water partition coefficient (Wildman–Crippen LogP) is 4.00. The van der Waals surface area contributed by atoms with E-state index in [1.807, 2.05) is 17.5 Å². The van der Waals surface area contributed by atoms with Crippen molar-refractivity contribution in [3.63, 3.8) is 0 Å². The van der Waals surface area contributed by atoms with E-state index in [9.17, 15) is 4.79 Å². The molecule has 5 heteroatoms. The third-order valence-corrected chi connectivity index (χ3v) is 5.01. The molecule has 1 aromatic heterocycles. The SMILES string of the molecule is CCN(CCCNC(=O)c1csc(I)c1)c1ccccc1. The van der Waals surface area contributed by atoms with E-state index in [0.29, 0.717) is 6.54 Å². The van der Waals surface area contributed by atoms with Gasteiger partial charge in [0.25, 0.3) is 5.91 Å². The van der Waals surface area contributed by atoms with Gasteiger partial charge in [-0.1, -0.05) is 18.2 Å². The summed E-state index contributed by atoms with van der Waals surface area (Å²) in [5.41, 5.74) is 2.00. The summed E-state index contributed by atoms with van der Waals surface area (Å²) in [4.78, 5) is 14.2. The Morgan fingerprint density at radius 1 is 1.33 bits per heavy atom. The topological polar surface area (TPSA) is 32.3 Å². The maximum absolute atomic E-state index is 11.9. The fourth-order valence-corrected chi connectivity index (χ4v) is 3.44. The molecular formula is C16H19IN2OS. The van der Waals surface area contributed by atoms with Crippen LogP contribution in [0.2, 0.25) is 0 Å². The number of rotatable bonds is 7. The van der Waals surface area contributed by atoms with Gasteiger partial charge in [-0.2, -0.15) is 0 Å². The van der Waals surface area contributed by atoms with Gasteiger partial charge in [-0.25, -0.2) is 0 Å². The van der Waals surface area contributed by atoms with E-state index in [4.69, 9.17) is 0 Å². The smallest absolute Gasteiger partial charge is 0.252 e. The number of anilines is 1. The van der Waals surface area contributed by atoms with Crippen molar-refractivity contribution in [3.8, 4) is 0 Å². The molecule has 21 heavy (non-hydrogen) atoms. The lowest BCUT2D eigenvalue weighted by Crippen LogP contribution is -2.29. The quantitative estimate of drug-likeness (QED) is 0.549. The molecule has 0 aliphatic rings. The lowest BCUT2D eigenvalue weighted by atomic mass is 10.2. The van der Waals surface area contributed by atoms with E-state index in [0.717, 1.165) is 28.0 Å². The van der Waals surface area contributed by atoms with Gasteiger partial charge in [-0.3, -0.25) is 4.79 Å². The van der Waals surface area contributed by atoms with Gasteiger partial charge in [0.1, 0.15) is 0 Å². The number of hydrogen-bond acceptors (Lipinski definition) is 3. The van der Waals surface area contributed by atoms with Crippen molar-refractivity contribution in [1.82, 2.24) is 5.32 Å². The van der Waals surface area contributed by atoms with Gasteiger partial charge in [0.2, 0.25) is 0 Å². The maximum atomic E-state index is 11.9. The first-order valence-electron chi connectivity index (χ1n) is 7.03. The number of carbonyl (C=O) groups is 1. The zero-order valence-corrected chi connectivity index (χ0v) is 15.0. The molecule has 0 fully saturated rings. The molecule has 1 aromatic carbocycles. The zero-order valence-electron chi connectivity index (χ0n) is 12.0. The van der Waals surface area contributed by atoms with Crippen LogP contribution in [-0.4, -0.2) is 25.5 Å². The minimum Gasteiger partial charge on any atom is -0.372 e. The van der Waals surface area contributed by atoms with E-state index in [-0.39, 0.29) is 5.91 Å². The van der Waals surface area contributed by atoms with Crippen molar-refractivity contribution in [2.24, 2.45) is 0 Å². The summed E-state index contributed by atoms with van der Waals surface area (Å²) in [5.74, 6) is 0.0249. The van der Waals surface area contributed by atoms with E-state index in [1.54, 1.807) is 11.3 Å². The zero-order chi connectivity index (χ0) is 15.1. The molecule has 1 heterocycles. The van der Waals surface area contributed by atoms with Crippen LogP contribution in [0.4, 0.5) is 5.69 Å². The highest BCUT2D eigenvalue weighted by Gasteiger charge is 2.07. The Hall–Kier alpha value is -1.08. The highest BCUT2D eigenvalue weighted by molar-refractivity contribution is 14.1. The summed E-state index contributed by atoms with van der Waals surface area (Å²) in [6, 6.07) is 12.3. The molecule has 0 bridgehead atoms. The van der Waals surface area contributed by atoms with Crippen molar-refractivity contribution >= 4 is 45.5 Å². The molecule has 3 nitrogen and oxygen atoms in total. The summed E-state index contributed by atoms with van der Waals surface area (Å²) in [6.07, 6.45) is 0.940. The first-order chi connectivity index (χ1) is 10.2. The van der Waals surface area contributed by atoms with Gasteiger partial charge < -0.3 is 10.2 Å². The van der Waals surface area contributed by atoms with E-state index in [1.165, 1.54) is 5.69 Å². The number of halogens is 1. The molecule has 0 saturated heterocycles. The van der Waals surface area contributed by atoms with Gasteiger partial charge in [-0.15, -0.1) is 11.3 Å². The van der Waals surface area contributed by atoms with Gasteiger partial charge in [0, 0.05) is 30.7 Å². The summed E-state index contributed by atoms with van der Waals surface area (Å²) in [5, 5.41) is 4.88. The summed E-state index contributed by atoms with van der Waals surface area (Å²) in [7, 11) is 0. The number of hydrogen-bond donors (Lipinski definition) is 1. The molecule has 1 N–H and O–H groups in total. The average molecular weight is 414 g/mol. The lowest BCUT2D eigenvalue weighted by molar-refractivity contribution is 0.0954. The summed E-state index contributed by atoms with van der Waals surface area (Å²) < 4.78 is 1.14. The summed E-state index contributed by atoms with van der Waals surface area (Å²) in [6.45, 7) is 4.77. The van der Waals surface area contributed by atoms with Crippen molar-refractivity contribution in [1.29, 1.82) is 0 Å². The normalized spacial score (nSPS) is 10.4. The second-order valence-corrected chi connectivity index (χ2v) is 7.47. The third kappa shape index (κ3) is 5.00. The molecule has 112 valence electrons.